The summed E-state index contributed by atoms with van der Waals surface area (Å²) < 4.78 is 54.5. The molecule has 1 aromatic heterocycles. The van der Waals surface area contributed by atoms with Crippen LogP contribution in [0, 0.1) is 11.6 Å². The molecule has 2 aromatic carbocycles. The van der Waals surface area contributed by atoms with Crippen molar-refractivity contribution in [3.63, 3.8) is 0 Å². The number of fused-ring (bicyclic) bond motifs is 1. The summed E-state index contributed by atoms with van der Waals surface area (Å²) in [4.78, 5) is 21.3. The van der Waals surface area contributed by atoms with Crippen LogP contribution in [0.5, 0.6) is 0 Å². The Bertz CT molecular complexity index is 1340. The molecule has 0 aliphatic carbocycles. The maximum atomic E-state index is 14.0. The van der Waals surface area contributed by atoms with Crippen molar-refractivity contribution in [1.82, 2.24) is 19.5 Å². The van der Waals surface area contributed by atoms with Crippen molar-refractivity contribution in [2.24, 2.45) is 0 Å². The quantitative estimate of drug-likeness (QED) is 0.415. The number of thiazole rings is 1. The summed E-state index contributed by atoms with van der Waals surface area (Å²) in [7, 11) is -2.01. The van der Waals surface area contributed by atoms with Crippen molar-refractivity contribution >= 4 is 42.6 Å². The Morgan fingerprint density at radius 1 is 1.14 bits per heavy atom. The lowest BCUT2D eigenvalue weighted by Crippen LogP contribution is -2.48. The van der Waals surface area contributed by atoms with Crippen LogP contribution in [0.1, 0.15) is 30.1 Å². The minimum atomic E-state index is -3.57. The second-order valence-corrected chi connectivity index (χ2v) is 12.1. The highest BCUT2D eigenvalue weighted by molar-refractivity contribution is 7.89. The van der Waals surface area contributed by atoms with E-state index in [0.717, 1.165) is 32.0 Å². The number of amides is 1. The molecule has 1 N–H and O–H groups in total. The zero-order valence-corrected chi connectivity index (χ0v) is 22.5. The molecule has 12 heteroatoms. The maximum Gasteiger partial charge on any atom is 0.251 e. The third kappa shape index (κ3) is 6.43. The van der Waals surface area contributed by atoms with E-state index in [2.05, 4.69) is 20.1 Å². The Labute approximate surface area is 219 Å². The SMILES string of the molecule is CCCCN(C)S(=O)(=O)c1ccc(C(=O)NCCN2CCN(c3nc4c(F)cc(F)cc4s3)CC2)cc1. The number of halogens is 2. The average Bonchev–Trinajstić information content (AvgIpc) is 3.32. The standard InChI is InChI=1S/C25H31F2N5O3S2/c1-3-4-10-30(2)37(34,35)20-7-5-18(6-8-20)24(33)28-9-11-31-12-14-32(15-13-31)25-29-23-21(27)16-19(26)17-22(23)36-25/h5-8,16-17H,3-4,9-15H2,1-2H3,(H,28,33). The van der Waals surface area contributed by atoms with Gasteiger partial charge in [-0.3, -0.25) is 9.69 Å². The fraction of sp³-hybridized carbons (Fsp3) is 0.440. The fourth-order valence-electron chi connectivity index (χ4n) is 4.13. The van der Waals surface area contributed by atoms with Gasteiger partial charge < -0.3 is 10.2 Å². The minimum absolute atomic E-state index is 0.168. The zero-order valence-electron chi connectivity index (χ0n) is 20.9. The Balaban J connectivity index is 1.24. The van der Waals surface area contributed by atoms with Crippen LogP contribution < -0.4 is 10.2 Å². The van der Waals surface area contributed by atoms with Gasteiger partial charge in [-0.1, -0.05) is 24.7 Å². The lowest BCUT2D eigenvalue weighted by atomic mass is 10.2. The number of hydrogen-bond acceptors (Lipinski definition) is 7. The molecule has 0 saturated carbocycles. The van der Waals surface area contributed by atoms with Gasteiger partial charge in [-0.05, 0) is 36.8 Å². The Morgan fingerprint density at radius 2 is 1.84 bits per heavy atom. The van der Waals surface area contributed by atoms with Crippen molar-refractivity contribution in [2.75, 3.05) is 57.8 Å². The normalized spacial score (nSPS) is 15.0. The highest BCUT2D eigenvalue weighted by Gasteiger charge is 2.22. The maximum absolute atomic E-state index is 14.0. The molecule has 0 radical (unpaired) electrons. The molecule has 0 unspecified atom stereocenters. The number of nitrogens with one attached hydrogen (secondary N) is 1. The van der Waals surface area contributed by atoms with E-state index in [4.69, 9.17) is 0 Å². The van der Waals surface area contributed by atoms with Crippen molar-refractivity contribution in [2.45, 2.75) is 24.7 Å². The molecular formula is C25H31F2N5O3S2. The highest BCUT2D eigenvalue weighted by atomic mass is 32.2. The predicted octanol–water partition coefficient (Wildman–Crippen LogP) is 3.55. The molecule has 0 bridgehead atoms. The van der Waals surface area contributed by atoms with Gasteiger partial charge in [0.05, 0.1) is 9.60 Å². The van der Waals surface area contributed by atoms with Crippen LogP contribution >= 0.6 is 11.3 Å². The highest BCUT2D eigenvalue weighted by Crippen LogP contribution is 2.31. The first-order valence-electron chi connectivity index (χ1n) is 12.3. The van der Waals surface area contributed by atoms with Gasteiger partial charge in [0.1, 0.15) is 11.3 Å². The third-order valence-corrected chi connectivity index (χ3v) is 9.34. The summed E-state index contributed by atoms with van der Waals surface area (Å²) >= 11 is 1.28. The number of unbranched alkanes of at least 4 members (excludes halogenated alkanes) is 1. The molecule has 1 aliphatic rings. The molecule has 8 nitrogen and oxygen atoms in total. The van der Waals surface area contributed by atoms with E-state index in [9.17, 15) is 22.0 Å². The van der Waals surface area contributed by atoms with Crippen LogP contribution in [0.4, 0.5) is 13.9 Å². The second-order valence-electron chi connectivity index (χ2n) is 9.02. The molecular weight excluding hydrogens is 520 g/mol. The van der Waals surface area contributed by atoms with Crippen LogP contribution in [0.15, 0.2) is 41.3 Å². The first kappa shape index (κ1) is 27.4. The summed E-state index contributed by atoms with van der Waals surface area (Å²) in [5.74, 6) is -1.52. The summed E-state index contributed by atoms with van der Waals surface area (Å²) in [5, 5.41) is 3.56. The van der Waals surface area contributed by atoms with Crippen LogP contribution in [0.25, 0.3) is 10.2 Å². The topological polar surface area (TPSA) is 85.8 Å². The number of piperazine rings is 1. The number of carbonyl (C=O) groups excluding carboxylic acids is 1. The Kier molecular flexibility index (Phi) is 8.73. The molecule has 2 heterocycles. The van der Waals surface area contributed by atoms with E-state index in [0.29, 0.717) is 48.1 Å². The van der Waals surface area contributed by atoms with Crippen LogP contribution in [-0.4, -0.2) is 81.4 Å². The van der Waals surface area contributed by atoms with Gasteiger partial charge in [0.2, 0.25) is 10.0 Å². The molecule has 1 aliphatic heterocycles. The lowest BCUT2D eigenvalue weighted by Gasteiger charge is -2.34. The molecule has 1 saturated heterocycles. The number of sulfonamides is 1. The number of hydrogen-bond donors (Lipinski definition) is 1. The van der Waals surface area contributed by atoms with E-state index in [1.54, 1.807) is 7.05 Å². The van der Waals surface area contributed by atoms with Gasteiger partial charge >= 0.3 is 0 Å². The summed E-state index contributed by atoms with van der Waals surface area (Å²) in [6, 6.07) is 8.14. The molecule has 3 aromatic rings. The first-order chi connectivity index (χ1) is 17.7. The molecule has 1 amide bonds. The third-order valence-electron chi connectivity index (χ3n) is 6.41. The molecule has 4 rings (SSSR count). The number of benzene rings is 2. The van der Waals surface area contributed by atoms with Gasteiger partial charge in [0.25, 0.3) is 5.91 Å². The molecule has 0 spiro atoms. The molecule has 37 heavy (non-hydrogen) atoms. The van der Waals surface area contributed by atoms with Gasteiger partial charge in [0, 0.05) is 64.5 Å². The van der Waals surface area contributed by atoms with Crippen molar-refractivity contribution < 1.29 is 22.0 Å². The average molecular weight is 552 g/mol. The van der Waals surface area contributed by atoms with Gasteiger partial charge in [-0.15, -0.1) is 0 Å². The Morgan fingerprint density at radius 3 is 2.51 bits per heavy atom. The second kappa shape index (κ2) is 11.8. The number of nitrogens with zero attached hydrogens (tertiary/aromatic N) is 4. The molecule has 200 valence electrons. The predicted molar refractivity (Wildman–Crippen MR) is 142 cm³/mol. The first-order valence-corrected chi connectivity index (χ1v) is 14.5. The number of carbonyl (C=O) groups is 1. The van der Waals surface area contributed by atoms with Crippen LogP contribution in [0.2, 0.25) is 0 Å². The zero-order chi connectivity index (χ0) is 26.6. The fourth-order valence-corrected chi connectivity index (χ4v) is 6.40. The smallest absolute Gasteiger partial charge is 0.251 e. The molecule has 1 fully saturated rings. The monoisotopic (exact) mass is 551 g/mol. The van der Waals surface area contributed by atoms with Gasteiger partial charge in [-0.25, -0.2) is 26.5 Å². The van der Waals surface area contributed by atoms with E-state index in [1.165, 1.54) is 46.0 Å². The van der Waals surface area contributed by atoms with E-state index >= 15 is 0 Å². The minimum Gasteiger partial charge on any atom is -0.351 e. The largest absolute Gasteiger partial charge is 0.351 e. The van der Waals surface area contributed by atoms with Crippen LogP contribution in [-0.2, 0) is 10.0 Å². The Hall–Kier alpha value is -2.67. The summed E-state index contributed by atoms with van der Waals surface area (Å²) in [5.41, 5.74) is 0.597. The van der Waals surface area contributed by atoms with Gasteiger partial charge in [0.15, 0.2) is 10.9 Å². The van der Waals surface area contributed by atoms with E-state index < -0.39 is 21.7 Å². The van der Waals surface area contributed by atoms with Crippen molar-refractivity contribution in [3.05, 3.63) is 53.6 Å². The van der Waals surface area contributed by atoms with E-state index in [1.807, 2.05) is 6.92 Å². The van der Waals surface area contributed by atoms with E-state index in [-0.39, 0.29) is 16.3 Å². The summed E-state index contributed by atoms with van der Waals surface area (Å²) in [6.45, 7) is 6.46. The molecule has 0 atom stereocenters. The number of anilines is 1. The lowest BCUT2D eigenvalue weighted by molar-refractivity contribution is 0.0947. The number of aromatic nitrogens is 1. The van der Waals surface area contributed by atoms with Gasteiger partial charge in [-0.2, -0.15) is 0 Å². The van der Waals surface area contributed by atoms with Crippen molar-refractivity contribution in [3.8, 4) is 0 Å². The van der Waals surface area contributed by atoms with Crippen LogP contribution in [0.3, 0.4) is 0 Å². The van der Waals surface area contributed by atoms with Crippen molar-refractivity contribution in [1.29, 1.82) is 0 Å². The number of rotatable bonds is 10. The summed E-state index contributed by atoms with van der Waals surface area (Å²) in [6.07, 6.45) is 1.69.